The highest BCUT2D eigenvalue weighted by Gasteiger charge is 2.13. The molecule has 0 bridgehead atoms. The van der Waals surface area contributed by atoms with Crippen LogP contribution in [0.4, 0.5) is 0 Å². The van der Waals surface area contributed by atoms with Crippen molar-refractivity contribution < 1.29 is 0 Å². The third-order valence-corrected chi connectivity index (χ3v) is 1.50. The lowest BCUT2D eigenvalue weighted by Gasteiger charge is -2.28. The van der Waals surface area contributed by atoms with E-state index in [1.54, 1.807) is 0 Å². The van der Waals surface area contributed by atoms with Crippen LogP contribution in [0.2, 0.25) is 0 Å². The average Bonchev–Trinajstić information content (AvgIpc) is 1.84. The van der Waals surface area contributed by atoms with E-state index in [9.17, 15) is 0 Å². The second-order valence-corrected chi connectivity index (χ2v) is 4.30. The SMILES string of the molecule is CCCN(CN)CC(C)(C)C. The summed E-state index contributed by atoms with van der Waals surface area (Å²) in [6, 6.07) is 0. The highest BCUT2D eigenvalue weighted by molar-refractivity contribution is 4.67. The monoisotopic (exact) mass is 158 g/mol. The second-order valence-electron chi connectivity index (χ2n) is 4.30. The first-order chi connectivity index (χ1) is 4.99. The predicted octanol–water partition coefficient (Wildman–Crippen LogP) is 1.66. The number of nitrogens with two attached hydrogens (primary N) is 1. The van der Waals surface area contributed by atoms with Crippen LogP contribution in [0.3, 0.4) is 0 Å². The summed E-state index contributed by atoms with van der Waals surface area (Å²) in [5.74, 6) is 0. The fourth-order valence-electron chi connectivity index (χ4n) is 1.22. The van der Waals surface area contributed by atoms with E-state index in [1.807, 2.05) is 0 Å². The number of hydrogen-bond acceptors (Lipinski definition) is 2. The van der Waals surface area contributed by atoms with Gasteiger partial charge in [0.15, 0.2) is 0 Å². The molecule has 0 saturated carbocycles. The molecule has 0 aliphatic carbocycles. The van der Waals surface area contributed by atoms with Crippen molar-refractivity contribution in [2.45, 2.75) is 34.1 Å². The molecule has 0 amide bonds. The van der Waals surface area contributed by atoms with Crippen LogP contribution in [-0.4, -0.2) is 24.7 Å². The predicted molar refractivity (Wildman–Crippen MR) is 50.4 cm³/mol. The minimum Gasteiger partial charge on any atom is -0.318 e. The van der Waals surface area contributed by atoms with Crippen LogP contribution in [-0.2, 0) is 0 Å². The molecule has 0 saturated heterocycles. The fraction of sp³-hybridized carbons (Fsp3) is 1.00. The molecule has 0 spiro atoms. The van der Waals surface area contributed by atoms with Gasteiger partial charge in [-0.3, -0.25) is 4.90 Å². The fourth-order valence-corrected chi connectivity index (χ4v) is 1.22. The van der Waals surface area contributed by atoms with Gasteiger partial charge in [0.2, 0.25) is 0 Å². The molecule has 2 nitrogen and oxygen atoms in total. The Morgan fingerprint density at radius 1 is 1.27 bits per heavy atom. The van der Waals surface area contributed by atoms with Crippen molar-refractivity contribution in [2.24, 2.45) is 11.1 Å². The molecule has 0 heterocycles. The van der Waals surface area contributed by atoms with Gasteiger partial charge in [0.25, 0.3) is 0 Å². The molecular formula is C9H22N2. The van der Waals surface area contributed by atoms with Crippen molar-refractivity contribution in [3.63, 3.8) is 0 Å². The van der Waals surface area contributed by atoms with E-state index in [2.05, 4.69) is 32.6 Å². The Kier molecular flexibility index (Phi) is 4.69. The van der Waals surface area contributed by atoms with E-state index in [-0.39, 0.29) is 0 Å². The van der Waals surface area contributed by atoms with Crippen LogP contribution in [0.25, 0.3) is 0 Å². The van der Waals surface area contributed by atoms with Crippen molar-refractivity contribution in [1.82, 2.24) is 4.90 Å². The first kappa shape index (κ1) is 10.9. The van der Waals surface area contributed by atoms with Gasteiger partial charge in [0.1, 0.15) is 0 Å². The molecule has 0 aliphatic heterocycles. The van der Waals surface area contributed by atoms with Crippen LogP contribution in [0.15, 0.2) is 0 Å². The van der Waals surface area contributed by atoms with Gasteiger partial charge in [-0.15, -0.1) is 0 Å². The molecule has 0 radical (unpaired) electrons. The second kappa shape index (κ2) is 4.73. The van der Waals surface area contributed by atoms with Gasteiger partial charge < -0.3 is 5.73 Å². The van der Waals surface area contributed by atoms with Crippen LogP contribution in [0.5, 0.6) is 0 Å². The zero-order valence-corrected chi connectivity index (χ0v) is 8.35. The van der Waals surface area contributed by atoms with E-state index >= 15 is 0 Å². The number of hydrogen-bond donors (Lipinski definition) is 1. The third kappa shape index (κ3) is 6.32. The Morgan fingerprint density at radius 3 is 2.09 bits per heavy atom. The summed E-state index contributed by atoms with van der Waals surface area (Å²) in [6.45, 7) is 11.8. The van der Waals surface area contributed by atoms with E-state index in [1.165, 1.54) is 6.42 Å². The summed E-state index contributed by atoms with van der Waals surface area (Å²) in [6.07, 6.45) is 1.19. The summed E-state index contributed by atoms with van der Waals surface area (Å²) in [5.41, 5.74) is 5.96. The normalized spacial score (nSPS) is 12.5. The van der Waals surface area contributed by atoms with Crippen molar-refractivity contribution >= 4 is 0 Å². The van der Waals surface area contributed by atoms with Gasteiger partial charge >= 0.3 is 0 Å². The molecule has 0 rings (SSSR count). The van der Waals surface area contributed by atoms with Gasteiger partial charge in [0, 0.05) is 13.2 Å². The van der Waals surface area contributed by atoms with Gasteiger partial charge in [-0.25, -0.2) is 0 Å². The summed E-state index contributed by atoms with van der Waals surface area (Å²) in [4.78, 5) is 2.29. The Hall–Kier alpha value is -0.0800. The van der Waals surface area contributed by atoms with Crippen LogP contribution in [0.1, 0.15) is 34.1 Å². The lowest BCUT2D eigenvalue weighted by atomic mass is 9.96. The lowest BCUT2D eigenvalue weighted by Crippen LogP contribution is -2.37. The highest BCUT2D eigenvalue weighted by Crippen LogP contribution is 2.14. The molecule has 2 heteroatoms. The Balaban J connectivity index is 3.68. The molecule has 0 fully saturated rings. The number of nitrogens with zero attached hydrogens (tertiary/aromatic N) is 1. The number of rotatable bonds is 4. The Morgan fingerprint density at radius 2 is 1.82 bits per heavy atom. The van der Waals surface area contributed by atoms with Crippen molar-refractivity contribution in [3.05, 3.63) is 0 Å². The summed E-state index contributed by atoms with van der Waals surface area (Å²) >= 11 is 0. The smallest absolute Gasteiger partial charge is 0.0455 e. The molecule has 68 valence electrons. The van der Waals surface area contributed by atoms with E-state index in [0.29, 0.717) is 12.1 Å². The lowest BCUT2D eigenvalue weighted by molar-refractivity contribution is 0.195. The van der Waals surface area contributed by atoms with Gasteiger partial charge in [0.05, 0.1) is 0 Å². The maximum Gasteiger partial charge on any atom is 0.0455 e. The topological polar surface area (TPSA) is 29.3 Å². The Labute approximate surface area is 70.8 Å². The maximum absolute atomic E-state index is 5.59. The minimum atomic E-state index is 0.370. The zero-order chi connectivity index (χ0) is 8.91. The molecule has 0 atom stereocenters. The molecule has 2 N–H and O–H groups in total. The van der Waals surface area contributed by atoms with Crippen LogP contribution < -0.4 is 5.73 Å². The minimum absolute atomic E-state index is 0.370. The zero-order valence-electron chi connectivity index (χ0n) is 8.35. The molecular weight excluding hydrogens is 136 g/mol. The first-order valence-corrected chi connectivity index (χ1v) is 4.42. The third-order valence-electron chi connectivity index (χ3n) is 1.50. The van der Waals surface area contributed by atoms with Crippen molar-refractivity contribution in [1.29, 1.82) is 0 Å². The van der Waals surface area contributed by atoms with Gasteiger partial charge in [-0.2, -0.15) is 0 Å². The van der Waals surface area contributed by atoms with Crippen LogP contribution in [0, 0.1) is 5.41 Å². The van der Waals surface area contributed by atoms with E-state index < -0.39 is 0 Å². The standard InChI is InChI=1S/C9H22N2/c1-5-6-11(8-10)7-9(2,3)4/h5-8,10H2,1-4H3. The van der Waals surface area contributed by atoms with E-state index in [4.69, 9.17) is 5.73 Å². The first-order valence-electron chi connectivity index (χ1n) is 4.42. The van der Waals surface area contributed by atoms with Gasteiger partial charge in [-0.05, 0) is 18.4 Å². The summed E-state index contributed by atoms with van der Waals surface area (Å²) < 4.78 is 0. The molecule has 0 unspecified atom stereocenters. The maximum atomic E-state index is 5.59. The molecule has 11 heavy (non-hydrogen) atoms. The van der Waals surface area contributed by atoms with Crippen molar-refractivity contribution in [3.8, 4) is 0 Å². The largest absolute Gasteiger partial charge is 0.318 e. The van der Waals surface area contributed by atoms with Crippen LogP contribution >= 0.6 is 0 Å². The Bertz CT molecular complexity index is 94.2. The molecule has 0 aromatic heterocycles. The molecule has 0 aliphatic rings. The molecule has 0 aromatic carbocycles. The van der Waals surface area contributed by atoms with Crippen molar-refractivity contribution in [2.75, 3.05) is 19.8 Å². The van der Waals surface area contributed by atoms with Gasteiger partial charge in [-0.1, -0.05) is 27.7 Å². The summed E-state index contributed by atoms with van der Waals surface area (Å²) in [5, 5.41) is 0. The van der Waals surface area contributed by atoms with E-state index in [0.717, 1.165) is 13.1 Å². The average molecular weight is 158 g/mol. The quantitative estimate of drug-likeness (QED) is 0.630. The molecule has 0 aromatic rings. The summed E-state index contributed by atoms with van der Waals surface area (Å²) in [7, 11) is 0. The highest BCUT2D eigenvalue weighted by atomic mass is 15.2.